The van der Waals surface area contributed by atoms with Gasteiger partial charge in [0.05, 0.1) is 6.54 Å². The van der Waals surface area contributed by atoms with Crippen molar-refractivity contribution in [2.24, 2.45) is 5.92 Å². The second-order valence-corrected chi connectivity index (χ2v) is 12.9. The van der Waals surface area contributed by atoms with Gasteiger partial charge in [-0.15, -0.1) is 0 Å². The van der Waals surface area contributed by atoms with Crippen LogP contribution in [0.3, 0.4) is 0 Å². The van der Waals surface area contributed by atoms with Crippen LogP contribution in [0, 0.1) is 5.92 Å². The quantitative estimate of drug-likeness (QED) is 0.289. The molecule has 1 aliphatic heterocycles. The minimum atomic E-state index is -1.06. The molecule has 5 N–H and O–H groups in total. The molecule has 0 spiro atoms. The van der Waals surface area contributed by atoms with Gasteiger partial charge in [0.15, 0.2) is 0 Å². The number of amides is 6. The van der Waals surface area contributed by atoms with Crippen LogP contribution in [0.2, 0.25) is 0 Å². The minimum Gasteiger partial charge on any atom is -0.355 e. The molecule has 1 fully saturated rings. The van der Waals surface area contributed by atoms with Crippen LogP contribution in [0.4, 0.5) is 0 Å². The number of nitrogens with one attached hydrogen (secondary N) is 5. The average Bonchev–Trinajstić information content (AvgIpc) is 3.03. The zero-order valence-electron chi connectivity index (χ0n) is 28.7. The van der Waals surface area contributed by atoms with Crippen molar-refractivity contribution in [1.29, 1.82) is 0 Å². The molecule has 0 aliphatic carbocycles. The molecule has 4 atom stereocenters. The van der Waals surface area contributed by atoms with Crippen LogP contribution in [-0.4, -0.2) is 104 Å². The van der Waals surface area contributed by atoms with Crippen LogP contribution in [0.5, 0.6) is 0 Å². The maximum Gasteiger partial charge on any atom is 0.251 e. The highest BCUT2D eigenvalue weighted by molar-refractivity contribution is 5.99. The summed E-state index contributed by atoms with van der Waals surface area (Å²) in [4.78, 5) is 83.0. The van der Waals surface area contributed by atoms with Gasteiger partial charge in [0.2, 0.25) is 29.5 Å². The van der Waals surface area contributed by atoms with Gasteiger partial charge in [0.25, 0.3) is 5.91 Å². The van der Waals surface area contributed by atoms with Gasteiger partial charge in [-0.2, -0.15) is 0 Å². The van der Waals surface area contributed by atoms with Crippen molar-refractivity contribution in [3.63, 3.8) is 0 Å². The SMILES string of the molecule is CC(C)[C@H]1NC(=O)[C@@H](NC(=O)c2ccc(CN(C)C)cc2)CCCNC(=O)CN(C)C(=O)[C@H](Cc2ccccc2)NC(=O)[C@@H](C)NC1=O. The zero-order valence-corrected chi connectivity index (χ0v) is 28.7. The number of likely N-dealkylation sites (N-methyl/N-ethyl adjacent to an activating group) is 1. The van der Waals surface area contributed by atoms with Crippen LogP contribution in [0.15, 0.2) is 54.6 Å². The fraction of sp³-hybridized carbons (Fsp3) is 0.486. The lowest BCUT2D eigenvalue weighted by Crippen LogP contribution is -2.59. The first-order valence-corrected chi connectivity index (χ1v) is 16.3. The van der Waals surface area contributed by atoms with E-state index in [4.69, 9.17) is 0 Å². The monoisotopic (exact) mass is 663 g/mol. The first kappa shape index (κ1) is 37.7. The lowest BCUT2D eigenvalue weighted by atomic mass is 10.0. The Morgan fingerprint density at radius 3 is 2.19 bits per heavy atom. The fourth-order valence-electron chi connectivity index (χ4n) is 5.29. The molecule has 3 rings (SSSR count). The summed E-state index contributed by atoms with van der Waals surface area (Å²) >= 11 is 0. The highest BCUT2D eigenvalue weighted by Crippen LogP contribution is 2.11. The minimum absolute atomic E-state index is 0.162. The fourth-order valence-corrected chi connectivity index (χ4v) is 5.29. The molecule has 6 amide bonds. The van der Waals surface area contributed by atoms with E-state index in [-0.39, 0.29) is 31.8 Å². The number of nitrogens with zero attached hydrogens (tertiary/aromatic N) is 2. The standard InChI is InChI=1S/C35H49N7O6/c1-22(2)30-34(47)37-23(3)31(44)39-28(19-24-11-8-7-9-12-24)35(48)42(6)21-29(43)36-18-10-13-27(33(46)40-30)38-32(45)26-16-14-25(15-17-26)20-41(4)5/h7-9,11-12,14-17,22-23,27-28,30H,10,13,18-21H2,1-6H3,(H,36,43)(H,37,47)(H,38,45)(H,39,44)(H,40,46)/t23-,27+,28+,30-/m1/s1. The molecule has 0 radical (unpaired) electrons. The van der Waals surface area contributed by atoms with E-state index in [0.717, 1.165) is 11.1 Å². The first-order valence-electron chi connectivity index (χ1n) is 16.3. The maximum absolute atomic E-state index is 13.6. The molecule has 1 heterocycles. The molecule has 1 aliphatic rings. The summed E-state index contributed by atoms with van der Waals surface area (Å²) in [6.45, 7) is 5.62. The summed E-state index contributed by atoms with van der Waals surface area (Å²) in [6.07, 6.45) is 0.664. The summed E-state index contributed by atoms with van der Waals surface area (Å²) in [5.74, 6) is -3.47. The van der Waals surface area contributed by atoms with Gasteiger partial charge in [0.1, 0.15) is 24.2 Å². The van der Waals surface area contributed by atoms with Gasteiger partial charge in [-0.25, -0.2) is 0 Å². The van der Waals surface area contributed by atoms with E-state index in [2.05, 4.69) is 26.6 Å². The third kappa shape index (κ3) is 11.5. The number of hydrogen-bond donors (Lipinski definition) is 5. The normalized spacial score (nSPS) is 22.2. The summed E-state index contributed by atoms with van der Waals surface area (Å²) in [7, 11) is 5.37. The third-order valence-electron chi connectivity index (χ3n) is 7.98. The van der Waals surface area contributed by atoms with Crippen molar-refractivity contribution in [3.05, 3.63) is 71.3 Å². The first-order chi connectivity index (χ1) is 22.7. The van der Waals surface area contributed by atoms with Crippen LogP contribution in [0.25, 0.3) is 0 Å². The van der Waals surface area contributed by atoms with Crippen molar-refractivity contribution in [2.45, 2.75) is 70.7 Å². The lowest BCUT2D eigenvalue weighted by Gasteiger charge is -2.28. The maximum atomic E-state index is 13.6. The Balaban J connectivity index is 1.83. The molecule has 0 bridgehead atoms. The Hall–Kier alpha value is -4.78. The van der Waals surface area contributed by atoms with Crippen molar-refractivity contribution in [3.8, 4) is 0 Å². The van der Waals surface area contributed by atoms with Gasteiger partial charge < -0.3 is 36.4 Å². The van der Waals surface area contributed by atoms with E-state index in [1.54, 1.807) is 26.0 Å². The van der Waals surface area contributed by atoms with Crippen molar-refractivity contribution in [1.82, 2.24) is 36.4 Å². The third-order valence-corrected chi connectivity index (χ3v) is 7.98. The smallest absolute Gasteiger partial charge is 0.251 e. The topological polar surface area (TPSA) is 169 Å². The van der Waals surface area contributed by atoms with Gasteiger partial charge in [-0.05, 0) is 63.0 Å². The number of benzene rings is 2. The molecular formula is C35H49N7O6. The predicted molar refractivity (Wildman–Crippen MR) is 181 cm³/mol. The molecule has 2 aromatic carbocycles. The van der Waals surface area contributed by atoms with E-state index in [1.165, 1.54) is 18.9 Å². The Kier molecular flexibility index (Phi) is 14.1. The number of carbonyl (C=O) groups is 6. The molecule has 48 heavy (non-hydrogen) atoms. The summed E-state index contributed by atoms with van der Waals surface area (Å²) in [5.41, 5.74) is 2.20. The van der Waals surface area contributed by atoms with Crippen molar-refractivity contribution >= 4 is 35.4 Å². The molecule has 0 aromatic heterocycles. The van der Waals surface area contributed by atoms with Crippen molar-refractivity contribution in [2.75, 3.05) is 34.2 Å². The Labute approximate surface area is 282 Å². The van der Waals surface area contributed by atoms with E-state index in [1.807, 2.05) is 61.5 Å². The number of hydrogen-bond acceptors (Lipinski definition) is 7. The lowest BCUT2D eigenvalue weighted by molar-refractivity contribution is -0.139. The Bertz CT molecular complexity index is 1430. The Morgan fingerprint density at radius 2 is 1.56 bits per heavy atom. The summed E-state index contributed by atoms with van der Waals surface area (Å²) in [6, 6.07) is 12.1. The molecule has 1 saturated heterocycles. The van der Waals surface area contributed by atoms with Crippen LogP contribution >= 0.6 is 0 Å². The molecular weight excluding hydrogens is 614 g/mol. The second kappa shape index (κ2) is 17.9. The van der Waals surface area contributed by atoms with E-state index in [9.17, 15) is 28.8 Å². The molecule has 13 nitrogen and oxygen atoms in total. The zero-order chi connectivity index (χ0) is 35.4. The van der Waals surface area contributed by atoms with Gasteiger partial charge in [-0.3, -0.25) is 28.8 Å². The highest BCUT2D eigenvalue weighted by Gasteiger charge is 2.32. The summed E-state index contributed by atoms with van der Waals surface area (Å²) in [5, 5.41) is 13.7. The van der Waals surface area contributed by atoms with Gasteiger partial charge >= 0.3 is 0 Å². The largest absolute Gasteiger partial charge is 0.355 e. The molecule has 13 heteroatoms. The van der Waals surface area contributed by atoms with Gasteiger partial charge in [-0.1, -0.05) is 56.3 Å². The van der Waals surface area contributed by atoms with E-state index in [0.29, 0.717) is 18.5 Å². The van der Waals surface area contributed by atoms with E-state index >= 15 is 0 Å². The molecule has 0 unspecified atom stereocenters. The number of rotatable bonds is 7. The van der Waals surface area contributed by atoms with Crippen molar-refractivity contribution < 1.29 is 28.8 Å². The molecule has 0 saturated carbocycles. The number of carbonyl (C=O) groups excluding carboxylic acids is 6. The van der Waals surface area contributed by atoms with Crippen LogP contribution in [0.1, 0.15) is 55.1 Å². The predicted octanol–water partition coefficient (Wildman–Crippen LogP) is 0.588. The van der Waals surface area contributed by atoms with Crippen LogP contribution in [-0.2, 0) is 36.9 Å². The Morgan fingerprint density at radius 1 is 0.896 bits per heavy atom. The van der Waals surface area contributed by atoms with Crippen LogP contribution < -0.4 is 26.6 Å². The highest BCUT2D eigenvalue weighted by atomic mass is 16.2. The molecule has 2 aromatic rings. The molecule has 260 valence electrons. The van der Waals surface area contributed by atoms with E-state index < -0.39 is 59.6 Å². The van der Waals surface area contributed by atoms with Gasteiger partial charge in [0, 0.05) is 32.1 Å². The summed E-state index contributed by atoms with van der Waals surface area (Å²) < 4.78 is 0. The average molecular weight is 664 g/mol. The second-order valence-electron chi connectivity index (χ2n) is 12.9.